The fourth-order valence-corrected chi connectivity index (χ4v) is 4.01. The average molecular weight is 468 g/mol. The first-order valence-corrected chi connectivity index (χ1v) is 11.3. The molecule has 0 saturated carbocycles. The van der Waals surface area contributed by atoms with Crippen LogP contribution in [-0.2, 0) is 0 Å². The van der Waals surface area contributed by atoms with Crippen molar-refractivity contribution < 1.29 is 9.53 Å². The number of fused-ring (bicyclic) bond motifs is 1. The van der Waals surface area contributed by atoms with Crippen molar-refractivity contribution in [2.75, 3.05) is 11.9 Å². The lowest BCUT2D eigenvalue weighted by atomic mass is 10.1. The number of rotatable bonds is 6. The molecule has 9 nitrogen and oxygen atoms in total. The van der Waals surface area contributed by atoms with Crippen LogP contribution in [0, 0.1) is 20.8 Å². The second-order valence-corrected chi connectivity index (χ2v) is 8.18. The number of carbonyl (C=O) groups excluding carboxylic acids is 1. The number of anilines is 1. The molecule has 0 fully saturated rings. The van der Waals surface area contributed by atoms with Gasteiger partial charge < -0.3 is 10.1 Å². The van der Waals surface area contributed by atoms with Crippen LogP contribution in [0.1, 0.15) is 34.1 Å². The molecule has 3 aromatic heterocycles. The molecule has 3 heterocycles. The lowest BCUT2D eigenvalue weighted by molar-refractivity contribution is 0.102. The summed E-state index contributed by atoms with van der Waals surface area (Å²) in [4.78, 5) is 22.1. The number of nitrogens with one attached hydrogen (secondary N) is 1. The quantitative estimate of drug-likeness (QED) is 0.392. The van der Waals surface area contributed by atoms with E-state index in [1.54, 1.807) is 39.8 Å². The summed E-state index contributed by atoms with van der Waals surface area (Å²) < 4.78 is 9.03. The summed E-state index contributed by atoms with van der Waals surface area (Å²) in [6.45, 7) is 8.33. The number of ether oxygens (including phenoxy) is 1. The van der Waals surface area contributed by atoms with Crippen LogP contribution in [0.15, 0.2) is 61.1 Å². The molecule has 2 aromatic carbocycles. The van der Waals surface area contributed by atoms with Crippen molar-refractivity contribution in [1.82, 2.24) is 29.5 Å². The summed E-state index contributed by atoms with van der Waals surface area (Å²) in [5.41, 5.74) is 5.05. The summed E-state index contributed by atoms with van der Waals surface area (Å²) in [7, 11) is 0. The molecule has 0 unspecified atom stereocenters. The molecule has 0 bridgehead atoms. The van der Waals surface area contributed by atoms with Crippen molar-refractivity contribution >= 4 is 22.8 Å². The van der Waals surface area contributed by atoms with E-state index in [0.717, 1.165) is 16.9 Å². The summed E-state index contributed by atoms with van der Waals surface area (Å²) in [5.74, 6) is 1.23. The normalized spacial score (nSPS) is 11.1. The zero-order chi connectivity index (χ0) is 24.5. The van der Waals surface area contributed by atoms with E-state index in [1.807, 2.05) is 32.0 Å². The smallest absolute Gasteiger partial charge is 0.260 e. The zero-order valence-corrected chi connectivity index (χ0v) is 20.0. The molecule has 0 aliphatic heterocycles. The first-order valence-electron chi connectivity index (χ1n) is 11.3. The van der Waals surface area contributed by atoms with Gasteiger partial charge in [0.25, 0.3) is 5.91 Å². The van der Waals surface area contributed by atoms with Gasteiger partial charge in [0.05, 0.1) is 35.1 Å². The molecule has 1 amide bonds. The first kappa shape index (κ1) is 22.3. The number of amides is 1. The summed E-state index contributed by atoms with van der Waals surface area (Å²) in [6, 6.07) is 15.0. The van der Waals surface area contributed by atoms with Gasteiger partial charge in [0.2, 0.25) is 0 Å². The van der Waals surface area contributed by atoms with E-state index in [2.05, 4.69) is 45.4 Å². The molecule has 0 spiro atoms. The minimum absolute atomic E-state index is 0.299. The van der Waals surface area contributed by atoms with Crippen molar-refractivity contribution in [3.8, 4) is 17.3 Å². The number of hydrogen-bond donors (Lipinski definition) is 1. The van der Waals surface area contributed by atoms with E-state index < -0.39 is 0 Å². The van der Waals surface area contributed by atoms with Crippen LogP contribution in [-0.4, -0.2) is 42.0 Å². The molecule has 176 valence electrons. The molecule has 1 N–H and O–H groups in total. The average Bonchev–Trinajstić information content (AvgIpc) is 3.44. The number of carbonyl (C=O) groups is 1. The molecule has 5 rings (SSSR count). The summed E-state index contributed by atoms with van der Waals surface area (Å²) in [5, 5.41) is 12.9. The molecule has 35 heavy (non-hydrogen) atoms. The van der Waals surface area contributed by atoms with Crippen LogP contribution in [0.2, 0.25) is 0 Å². The number of hydrogen-bond acceptors (Lipinski definition) is 6. The van der Waals surface area contributed by atoms with Crippen LogP contribution in [0.4, 0.5) is 5.82 Å². The van der Waals surface area contributed by atoms with Crippen molar-refractivity contribution in [2.45, 2.75) is 27.7 Å². The van der Waals surface area contributed by atoms with E-state index in [0.29, 0.717) is 40.6 Å². The molecule has 0 aliphatic rings. The van der Waals surface area contributed by atoms with Gasteiger partial charge in [0, 0.05) is 6.07 Å². The second-order valence-electron chi connectivity index (χ2n) is 8.18. The molecule has 0 radical (unpaired) electrons. The number of nitrogens with zero attached hydrogens (tertiary/aromatic N) is 6. The Labute approximate surface area is 202 Å². The standard InChI is InChI=1S/C26H25N7O2/c1-5-35-22-12-7-6-10-19(22)26(34)30-23-13-17(3)31-33(23)25-20-14-29-32(24(20)27-15-28-25)21-11-8-9-16(2)18(21)4/h6-15H,5H2,1-4H3,(H,30,34). The highest BCUT2D eigenvalue weighted by molar-refractivity contribution is 6.06. The van der Waals surface area contributed by atoms with E-state index in [-0.39, 0.29) is 5.91 Å². The summed E-state index contributed by atoms with van der Waals surface area (Å²) >= 11 is 0. The largest absolute Gasteiger partial charge is 0.493 e. The number of para-hydroxylation sites is 1. The number of benzene rings is 2. The fourth-order valence-electron chi connectivity index (χ4n) is 4.01. The molecule has 0 saturated heterocycles. The van der Waals surface area contributed by atoms with E-state index in [9.17, 15) is 4.79 Å². The zero-order valence-electron chi connectivity index (χ0n) is 20.0. The van der Waals surface area contributed by atoms with Gasteiger partial charge in [0.15, 0.2) is 11.5 Å². The topological polar surface area (TPSA) is 99.8 Å². The van der Waals surface area contributed by atoms with E-state index in [4.69, 9.17) is 4.74 Å². The SMILES string of the molecule is CCOc1ccccc1C(=O)Nc1cc(C)nn1-c1ncnc2c1cnn2-c1cccc(C)c1C. The van der Waals surface area contributed by atoms with Gasteiger partial charge >= 0.3 is 0 Å². The Balaban J connectivity index is 1.57. The highest BCUT2D eigenvalue weighted by Gasteiger charge is 2.20. The number of aromatic nitrogens is 6. The van der Waals surface area contributed by atoms with Gasteiger partial charge in [-0.25, -0.2) is 14.6 Å². The Hall–Kier alpha value is -4.53. The maximum Gasteiger partial charge on any atom is 0.260 e. The van der Waals surface area contributed by atoms with E-state index in [1.165, 1.54) is 11.9 Å². The van der Waals surface area contributed by atoms with Crippen LogP contribution >= 0.6 is 0 Å². The maximum atomic E-state index is 13.1. The number of aryl methyl sites for hydroxylation is 2. The highest BCUT2D eigenvalue weighted by Crippen LogP contribution is 2.27. The van der Waals surface area contributed by atoms with Crippen LogP contribution in [0.5, 0.6) is 5.75 Å². The van der Waals surface area contributed by atoms with Crippen LogP contribution in [0.3, 0.4) is 0 Å². The second kappa shape index (κ2) is 9.02. The molecule has 0 atom stereocenters. The Morgan fingerprint density at radius 1 is 1.03 bits per heavy atom. The predicted octanol–water partition coefficient (Wildman–Crippen LogP) is 4.58. The lowest BCUT2D eigenvalue weighted by Gasteiger charge is -2.12. The minimum Gasteiger partial charge on any atom is -0.493 e. The van der Waals surface area contributed by atoms with Gasteiger partial charge in [-0.15, -0.1) is 0 Å². The third-order valence-corrected chi connectivity index (χ3v) is 5.85. The molecule has 0 aliphatic carbocycles. The molecule has 5 aromatic rings. The Kier molecular flexibility index (Phi) is 5.74. The van der Waals surface area contributed by atoms with Crippen molar-refractivity contribution in [3.63, 3.8) is 0 Å². The predicted molar refractivity (Wildman–Crippen MR) is 134 cm³/mol. The van der Waals surface area contributed by atoms with Gasteiger partial charge in [-0.05, 0) is 57.0 Å². The minimum atomic E-state index is -0.299. The lowest BCUT2D eigenvalue weighted by Crippen LogP contribution is -2.17. The van der Waals surface area contributed by atoms with Crippen LogP contribution < -0.4 is 10.1 Å². The third-order valence-electron chi connectivity index (χ3n) is 5.85. The molecule has 9 heteroatoms. The first-order chi connectivity index (χ1) is 17.0. The Morgan fingerprint density at radius 3 is 2.69 bits per heavy atom. The van der Waals surface area contributed by atoms with Gasteiger partial charge in [-0.2, -0.15) is 14.9 Å². The van der Waals surface area contributed by atoms with Crippen LogP contribution in [0.25, 0.3) is 22.5 Å². The highest BCUT2D eigenvalue weighted by atomic mass is 16.5. The Morgan fingerprint density at radius 2 is 1.86 bits per heavy atom. The van der Waals surface area contributed by atoms with E-state index >= 15 is 0 Å². The monoisotopic (exact) mass is 467 g/mol. The van der Waals surface area contributed by atoms with Gasteiger partial charge in [-0.3, -0.25) is 4.79 Å². The van der Waals surface area contributed by atoms with Gasteiger partial charge in [-0.1, -0.05) is 24.3 Å². The molecular formula is C26H25N7O2. The molecular weight excluding hydrogens is 442 g/mol. The Bertz CT molecular complexity index is 1550. The van der Waals surface area contributed by atoms with Crippen molar-refractivity contribution in [2.24, 2.45) is 0 Å². The third kappa shape index (κ3) is 4.01. The fraction of sp³-hybridized carbons (Fsp3) is 0.192. The van der Waals surface area contributed by atoms with Crippen molar-refractivity contribution in [3.05, 3.63) is 83.4 Å². The summed E-state index contributed by atoms with van der Waals surface area (Å²) in [6.07, 6.45) is 3.20. The van der Waals surface area contributed by atoms with Gasteiger partial charge in [0.1, 0.15) is 17.9 Å². The maximum absolute atomic E-state index is 13.1. The van der Waals surface area contributed by atoms with Crippen molar-refractivity contribution in [1.29, 1.82) is 0 Å².